The zero-order chi connectivity index (χ0) is 25.3. The highest BCUT2D eigenvalue weighted by Crippen LogP contribution is 2.56. The third-order valence-electron chi connectivity index (χ3n) is 6.85. The second-order valence-electron chi connectivity index (χ2n) is 10.5. The molecule has 0 aromatic rings. The number of halogens is 2. The summed E-state index contributed by atoms with van der Waals surface area (Å²) in [6.45, 7) is 15.5. The van der Waals surface area contributed by atoms with Gasteiger partial charge in [-0.1, -0.05) is 37.6 Å². The van der Waals surface area contributed by atoms with Crippen molar-refractivity contribution in [3.63, 3.8) is 0 Å². The van der Waals surface area contributed by atoms with E-state index in [1.807, 2.05) is 27.7 Å². The number of aliphatic hydroxyl groups is 2. The molecule has 1 fully saturated rings. The van der Waals surface area contributed by atoms with E-state index in [4.69, 9.17) is 4.74 Å². The molecule has 3 rings (SSSR count). The van der Waals surface area contributed by atoms with E-state index in [0.717, 1.165) is 30.4 Å². The number of rotatable bonds is 9. The van der Waals surface area contributed by atoms with Crippen LogP contribution in [0.25, 0.3) is 0 Å². The average molecular weight is 471 g/mol. The maximum atomic E-state index is 15.5. The summed E-state index contributed by atoms with van der Waals surface area (Å²) in [6.07, 6.45) is 11.0. The van der Waals surface area contributed by atoms with Gasteiger partial charge in [0.1, 0.15) is 17.3 Å². The van der Waals surface area contributed by atoms with Crippen molar-refractivity contribution < 1.29 is 23.7 Å². The summed E-state index contributed by atoms with van der Waals surface area (Å²) in [7, 11) is 0. The minimum absolute atomic E-state index is 0.0140. The smallest absolute Gasteiger partial charge is 0.426 e. The molecule has 3 nitrogen and oxygen atoms in total. The first kappa shape index (κ1) is 25.8. The molecule has 0 radical (unpaired) electrons. The monoisotopic (exact) mass is 470 g/mol. The first-order valence-corrected chi connectivity index (χ1v) is 11.8. The lowest BCUT2D eigenvalue weighted by molar-refractivity contribution is -0.177. The Morgan fingerprint density at radius 1 is 1.03 bits per heavy atom. The Morgan fingerprint density at radius 3 is 2.29 bits per heavy atom. The van der Waals surface area contributed by atoms with Gasteiger partial charge in [0, 0.05) is 10.8 Å². The number of hydrogen-bond acceptors (Lipinski definition) is 3. The number of ether oxygens (including phenoxy) is 1. The fraction of sp³-hybridized carbons (Fsp3) is 0.448. The summed E-state index contributed by atoms with van der Waals surface area (Å²) in [5, 5.41) is 20.4. The molecule has 184 valence electrons. The van der Waals surface area contributed by atoms with Crippen molar-refractivity contribution in [1.29, 1.82) is 0 Å². The molecule has 34 heavy (non-hydrogen) atoms. The molecule has 4 unspecified atom stereocenters. The van der Waals surface area contributed by atoms with Crippen molar-refractivity contribution in [2.24, 2.45) is 22.7 Å². The standard InChI is InChI=1S/C29H36F2O3/c1-19(2)8-7-13-27(5)15-21(9-10-22(32)16-27)29(30,31)34-24-12-11-23(33)17-28(6,18-24)26-14-25(26)20(3)4/h9-12,15-18,25-26,32-33H,1,3,7-8,13-14H2,2,4-6H3. The van der Waals surface area contributed by atoms with Crippen LogP contribution >= 0.6 is 0 Å². The highest BCUT2D eigenvalue weighted by atomic mass is 19.3. The summed E-state index contributed by atoms with van der Waals surface area (Å²) >= 11 is 0. The van der Waals surface area contributed by atoms with E-state index in [9.17, 15) is 10.2 Å². The van der Waals surface area contributed by atoms with Gasteiger partial charge < -0.3 is 14.9 Å². The first-order chi connectivity index (χ1) is 15.7. The van der Waals surface area contributed by atoms with E-state index in [0.29, 0.717) is 6.42 Å². The van der Waals surface area contributed by atoms with Gasteiger partial charge in [0.2, 0.25) is 0 Å². The molecule has 0 aromatic carbocycles. The van der Waals surface area contributed by atoms with Crippen LogP contribution in [0.2, 0.25) is 0 Å². The molecular weight excluding hydrogens is 434 g/mol. The molecule has 0 heterocycles. The Morgan fingerprint density at radius 2 is 1.68 bits per heavy atom. The summed E-state index contributed by atoms with van der Waals surface area (Å²) in [4.78, 5) is 0. The van der Waals surface area contributed by atoms with Crippen molar-refractivity contribution >= 4 is 0 Å². The summed E-state index contributed by atoms with van der Waals surface area (Å²) in [5.74, 6) is 0.385. The van der Waals surface area contributed by atoms with Crippen LogP contribution in [0.15, 0.2) is 95.8 Å². The zero-order valence-electron chi connectivity index (χ0n) is 20.6. The minimum Gasteiger partial charge on any atom is -0.508 e. The molecule has 0 aromatic heterocycles. The Balaban J connectivity index is 1.87. The van der Waals surface area contributed by atoms with Gasteiger partial charge in [-0.25, -0.2) is 0 Å². The lowest BCUT2D eigenvalue weighted by Crippen LogP contribution is -2.25. The second kappa shape index (κ2) is 9.44. The molecule has 5 heteroatoms. The van der Waals surface area contributed by atoms with Crippen LogP contribution in [0.1, 0.15) is 53.4 Å². The van der Waals surface area contributed by atoms with E-state index in [-0.39, 0.29) is 34.7 Å². The predicted octanol–water partition coefficient (Wildman–Crippen LogP) is 8.40. The molecule has 1 saturated carbocycles. The second-order valence-corrected chi connectivity index (χ2v) is 10.5. The Labute approximate surface area is 201 Å². The quantitative estimate of drug-likeness (QED) is 0.333. The van der Waals surface area contributed by atoms with Gasteiger partial charge in [-0.05, 0) is 93.9 Å². The fourth-order valence-corrected chi connectivity index (χ4v) is 4.94. The predicted molar refractivity (Wildman–Crippen MR) is 133 cm³/mol. The fourth-order valence-electron chi connectivity index (χ4n) is 4.94. The Hall–Kier alpha value is -2.82. The van der Waals surface area contributed by atoms with Crippen LogP contribution in [-0.4, -0.2) is 16.3 Å². The van der Waals surface area contributed by atoms with Gasteiger partial charge in [-0.15, -0.1) is 6.58 Å². The summed E-state index contributed by atoms with van der Waals surface area (Å²) < 4.78 is 36.2. The number of hydrogen-bond donors (Lipinski definition) is 2. The molecule has 0 aliphatic heterocycles. The van der Waals surface area contributed by atoms with Gasteiger partial charge in [-0.2, -0.15) is 8.78 Å². The summed E-state index contributed by atoms with van der Waals surface area (Å²) in [5.41, 5.74) is 0.333. The summed E-state index contributed by atoms with van der Waals surface area (Å²) in [6, 6.07) is 0. The highest BCUT2D eigenvalue weighted by molar-refractivity contribution is 5.38. The maximum absolute atomic E-state index is 15.5. The number of aliphatic hydroxyl groups excluding tert-OH is 2. The zero-order valence-corrected chi connectivity index (χ0v) is 20.6. The van der Waals surface area contributed by atoms with Gasteiger partial charge in [-0.3, -0.25) is 0 Å². The molecule has 0 bridgehead atoms. The van der Waals surface area contributed by atoms with Gasteiger partial charge >= 0.3 is 6.11 Å². The molecule has 0 saturated heterocycles. The lowest BCUT2D eigenvalue weighted by Gasteiger charge is -2.27. The van der Waals surface area contributed by atoms with E-state index < -0.39 is 16.9 Å². The van der Waals surface area contributed by atoms with Gasteiger partial charge in [0.15, 0.2) is 0 Å². The van der Waals surface area contributed by atoms with E-state index in [1.54, 1.807) is 18.2 Å². The number of allylic oxidation sites excluding steroid dienone is 9. The van der Waals surface area contributed by atoms with Crippen molar-refractivity contribution in [3.8, 4) is 0 Å². The normalized spacial score (nSPS) is 30.9. The van der Waals surface area contributed by atoms with Crippen molar-refractivity contribution in [2.75, 3.05) is 0 Å². The average Bonchev–Trinajstić information content (AvgIpc) is 3.51. The van der Waals surface area contributed by atoms with E-state index >= 15 is 8.78 Å². The van der Waals surface area contributed by atoms with Gasteiger partial charge in [0.05, 0.1) is 5.57 Å². The van der Waals surface area contributed by atoms with Crippen LogP contribution in [0.5, 0.6) is 0 Å². The third kappa shape index (κ3) is 6.19. The molecule has 3 aliphatic rings. The maximum Gasteiger partial charge on any atom is 0.426 e. The molecule has 2 N–H and O–H groups in total. The molecular formula is C29H36F2O3. The van der Waals surface area contributed by atoms with Crippen LogP contribution in [0.4, 0.5) is 8.78 Å². The Kier molecular flexibility index (Phi) is 7.16. The van der Waals surface area contributed by atoms with Crippen molar-refractivity contribution in [3.05, 3.63) is 95.8 Å². The third-order valence-corrected chi connectivity index (χ3v) is 6.85. The SMILES string of the molecule is C=C(C)CCCC1(C)C=C(O)C=CC(C(F)(F)OC2=CC(C)(C3CC3C(=C)C)C=C(O)C=C2)=C1. The molecule has 0 amide bonds. The number of alkyl halides is 2. The topological polar surface area (TPSA) is 49.7 Å². The Bertz CT molecular complexity index is 1040. The van der Waals surface area contributed by atoms with Crippen molar-refractivity contribution in [1.82, 2.24) is 0 Å². The van der Waals surface area contributed by atoms with Crippen LogP contribution in [0, 0.1) is 22.7 Å². The van der Waals surface area contributed by atoms with Crippen LogP contribution in [0.3, 0.4) is 0 Å². The highest BCUT2D eigenvalue weighted by Gasteiger charge is 2.49. The minimum atomic E-state index is -3.64. The van der Waals surface area contributed by atoms with E-state index in [2.05, 4.69) is 13.2 Å². The van der Waals surface area contributed by atoms with Crippen LogP contribution in [-0.2, 0) is 4.74 Å². The van der Waals surface area contributed by atoms with Crippen LogP contribution < -0.4 is 0 Å². The van der Waals surface area contributed by atoms with E-state index in [1.165, 1.54) is 30.4 Å². The first-order valence-electron chi connectivity index (χ1n) is 11.8. The molecule has 4 atom stereocenters. The largest absolute Gasteiger partial charge is 0.508 e. The lowest BCUT2D eigenvalue weighted by atomic mass is 9.82. The molecule has 3 aliphatic carbocycles. The van der Waals surface area contributed by atoms with Crippen molar-refractivity contribution in [2.45, 2.75) is 59.5 Å². The molecule has 0 spiro atoms. The van der Waals surface area contributed by atoms with Gasteiger partial charge in [0.25, 0.3) is 0 Å².